The van der Waals surface area contributed by atoms with Gasteiger partial charge in [0.2, 0.25) is 0 Å². The molecule has 3 rings (SSSR count). The summed E-state index contributed by atoms with van der Waals surface area (Å²) in [4.78, 5) is 15.4. The van der Waals surface area contributed by atoms with Gasteiger partial charge in [-0.25, -0.2) is 0 Å². The van der Waals surface area contributed by atoms with Crippen LogP contribution in [0.1, 0.15) is 35.3 Å². The largest absolute Gasteiger partial charge is 0.497 e. The van der Waals surface area contributed by atoms with Crippen LogP contribution in [0.2, 0.25) is 0 Å². The van der Waals surface area contributed by atoms with Gasteiger partial charge in [0.25, 0.3) is 5.91 Å². The van der Waals surface area contributed by atoms with Gasteiger partial charge in [-0.2, -0.15) is 0 Å². The summed E-state index contributed by atoms with van der Waals surface area (Å²) < 4.78 is 5.22. The van der Waals surface area contributed by atoms with E-state index in [-0.39, 0.29) is 5.91 Å². The second kappa shape index (κ2) is 8.09. The van der Waals surface area contributed by atoms with Gasteiger partial charge in [0, 0.05) is 12.1 Å². The zero-order valence-corrected chi connectivity index (χ0v) is 16.1. The summed E-state index contributed by atoms with van der Waals surface area (Å²) in [5.41, 5.74) is 2.38. The Morgan fingerprint density at radius 2 is 1.41 bits per heavy atom. The van der Waals surface area contributed by atoms with Crippen LogP contribution < -0.4 is 4.74 Å². The maximum atomic E-state index is 13.5. The fraction of sp³-hybridized carbons (Fsp3) is 0.208. The molecule has 0 saturated carbocycles. The van der Waals surface area contributed by atoms with E-state index in [4.69, 9.17) is 4.74 Å². The van der Waals surface area contributed by atoms with Crippen LogP contribution in [0, 0.1) is 0 Å². The third kappa shape index (κ3) is 4.20. The molecule has 0 radical (unpaired) electrons. The lowest BCUT2D eigenvalue weighted by Gasteiger charge is -2.39. The molecule has 138 valence electrons. The monoisotopic (exact) mass is 359 g/mol. The normalized spacial score (nSPS) is 11.1. The highest BCUT2D eigenvalue weighted by atomic mass is 16.5. The van der Waals surface area contributed by atoms with Crippen LogP contribution >= 0.6 is 0 Å². The molecule has 0 N–H and O–H groups in total. The van der Waals surface area contributed by atoms with Crippen molar-refractivity contribution in [3.63, 3.8) is 0 Å². The van der Waals surface area contributed by atoms with Crippen LogP contribution in [-0.2, 0) is 12.1 Å². The molecule has 0 aliphatic carbocycles. The van der Waals surface area contributed by atoms with Crippen molar-refractivity contribution in [3.05, 3.63) is 102 Å². The Balaban J connectivity index is 1.99. The van der Waals surface area contributed by atoms with Crippen LogP contribution in [0.3, 0.4) is 0 Å². The molecular formula is C24H25NO2. The molecule has 0 fully saturated rings. The molecule has 0 heterocycles. The molecular weight excluding hydrogens is 334 g/mol. The van der Waals surface area contributed by atoms with Gasteiger partial charge >= 0.3 is 0 Å². The average molecular weight is 359 g/mol. The lowest BCUT2D eigenvalue weighted by atomic mass is 9.90. The minimum absolute atomic E-state index is 0.00430. The predicted molar refractivity (Wildman–Crippen MR) is 109 cm³/mol. The molecule has 0 atom stereocenters. The van der Waals surface area contributed by atoms with E-state index in [9.17, 15) is 4.79 Å². The molecule has 0 saturated heterocycles. The number of benzene rings is 3. The minimum atomic E-state index is -0.464. The topological polar surface area (TPSA) is 29.5 Å². The molecule has 3 aromatic rings. The second-order valence-electron chi connectivity index (χ2n) is 7.03. The van der Waals surface area contributed by atoms with Crippen molar-refractivity contribution in [1.82, 2.24) is 4.90 Å². The molecule has 0 aromatic heterocycles. The van der Waals surface area contributed by atoms with E-state index in [1.54, 1.807) is 7.11 Å². The van der Waals surface area contributed by atoms with Crippen molar-refractivity contribution in [2.24, 2.45) is 0 Å². The molecule has 0 aliphatic heterocycles. The van der Waals surface area contributed by atoms with Crippen LogP contribution in [0.25, 0.3) is 0 Å². The van der Waals surface area contributed by atoms with E-state index in [0.717, 1.165) is 16.9 Å². The first-order valence-corrected chi connectivity index (χ1v) is 9.08. The third-order valence-electron chi connectivity index (χ3n) is 4.92. The summed E-state index contributed by atoms with van der Waals surface area (Å²) in [5.74, 6) is 0.735. The van der Waals surface area contributed by atoms with E-state index < -0.39 is 5.54 Å². The Morgan fingerprint density at radius 1 is 0.852 bits per heavy atom. The van der Waals surface area contributed by atoms with Gasteiger partial charge in [0.1, 0.15) is 5.75 Å². The van der Waals surface area contributed by atoms with Crippen molar-refractivity contribution in [2.75, 3.05) is 7.11 Å². The number of hydrogen-bond donors (Lipinski definition) is 0. The maximum absolute atomic E-state index is 13.5. The van der Waals surface area contributed by atoms with Gasteiger partial charge < -0.3 is 9.64 Å². The highest BCUT2D eigenvalue weighted by Gasteiger charge is 2.33. The Hall–Kier alpha value is -3.07. The van der Waals surface area contributed by atoms with Crippen molar-refractivity contribution in [1.29, 1.82) is 0 Å². The molecule has 0 spiro atoms. The van der Waals surface area contributed by atoms with Crippen molar-refractivity contribution in [3.8, 4) is 5.75 Å². The number of carbonyl (C=O) groups is 1. The highest BCUT2D eigenvalue weighted by Crippen LogP contribution is 2.31. The Labute approximate surface area is 161 Å². The standard InChI is InChI=1S/C24H25NO2/c1-24(2,21-12-8-5-9-13-21)25(18-19-10-6-4-7-11-19)23(26)20-14-16-22(27-3)17-15-20/h4-17H,18H2,1-3H3. The van der Waals surface area contributed by atoms with E-state index in [1.807, 2.05) is 65.6 Å². The van der Waals surface area contributed by atoms with Crippen LogP contribution in [0.4, 0.5) is 0 Å². The van der Waals surface area contributed by atoms with Crippen molar-refractivity contribution >= 4 is 5.91 Å². The molecule has 27 heavy (non-hydrogen) atoms. The summed E-state index contributed by atoms with van der Waals surface area (Å²) in [5, 5.41) is 0. The van der Waals surface area contributed by atoms with E-state index in [0.29, 0.717) is 12.1 Å². The molecule has 0 unspecified atom stereocenters. The van der Waals surface area contributed by atoms with Gasteiger partial charge in [0.05, 0.1) is 12.6 Å². The van der Waals surface area contributed by atoms with E-state index in [1.165, 1.54) is 0 Å². The Morgan fingerprint density at radius 3 is 1.96 bits per heavy atom. The van der Waals surface area contributed by atoms with Gasteiger partial charge in [-0.1, -0.05) is 60.7 Å². The molecule has 0 aliphatic rings. The SMILES string of the molecule is COc1ccc(C(=O)N(Cc2ccccc2)C(C)(C)c2ccccc2)cc1. The molecule has 1 amide bonds. The third-order valence-corrected chi connectivity index (χ3v) is 4.92. The highest BCUT2D eigenvalue weighted by molar-refractivity contribution is 5.95. The smallest absolute Gasteiger partial charge is 0.254 e. The minimum Gasteiger partial charge on any atom is -0.497 e. The fourth-order valence-electron chi connectivity index (χ4n) is 3.18. The predicted octanol–water partition coefficient (Wildman–Crippen LogP) is 5.27. The molecule has 0 bridgehead atoms. The zero-order valence-electron chi connectivity index (χ0n) is 16.1. The quantitative estimate of drug-likeness (QED) is 0.600. The Kier molecular flexibility index (Phi) is 5.60. The number of nitrogens with zero attached hydrogens (tertiary/aromatic N) is 1. The summed E-state index contributed by atoms with van der Waals surface area (Å²) in [6.07, 6.45) is 0. The number of ether oxygens (including phenoxy) is 1. The summed E-state index contributed by atoms with van der Waals surface area (Å²) in [6, 6.07) is 27.5. The van der Waals surface area contributed by atoms with Gasteiger partial charge in [0.15, 0.2) is 0 Å². The lowest BCUT2D eigenvalue weighted by molar-refractivity contribution is 0.0514. The van der Waals surface area contributed by atoms with Gasteiger partial charge in [-0.15, -0.1) is 0 Å². The first kappa shape index (κ1) is 18.7. The first-order chi connectivity index (χ1) is 13.0. The van der Waals surface area contributed by atoms with Crippen LogP contribution in [0.15, 0.2) is 84.9 Å². The van der Waals surface area contributed by atoms with Gasteiger partial charge in [-0.3, -0.25) is 4.79 Å². The van der Waals surface area contributed by atoms with E-state index >= 15 is 0 Å². The Bertz CT molecular complexity index is 871. The van der Waals surface area contributed by atoms with Crippen LogP contribution in [-0.4, -0.2) is 17.9 Å². The molecule has 3 aromatic carbocycles. The number of rotatable bonds is 6. The van der Waals surface area contributed by atoms with Crippen molar-refractivity contribution < 1.29 is 9.53 Å². The summed E-state index contributed by atoms with van der Waals surface area (Å²) in [7, 11) is 1.62. The number of carbonyl (C=O) groups excluding carboxylic acids is 1. The van der Waals surface area contributed by atoms with Crippen LogP contribution in [0.5, 0.6) is 5.75 Å². The average Bonchev–Trinajstić information content (AvgIpc) is 2.73. The van der Waals surface area contributed by atoms with Gasteiger partial charge in [-0.05, 0) is 49.2 Å². The number of amides is 1. The fourth-order valence-corrected chi connectivity index (χ4v) is 3.18. The summed E-state index contributed by atoms with van der Waals surface area (Å²) >= 11 is 0. The summed E-state index contributed by atoms with van der Waals surface area (Å²) in [6.45, 7) is 4.72. The van der Waals surface area contributed by atoms with Crippen molar-refractivity contribution in [2.45, 2.75) is 25.9 Å². The number of methoxy groups -OCH3 is 1. The second-order valence-corrected chi connectivity index (χ2v) is 7.03. The number of hydrogen-bond acceptors (Lipinski definition) is 2. The molecule has 3 heteroatoms. The maximum Gasteiger partial charge on any atom is 0.254 e. The van der Waals surface area contributed by atoms with E-state index in [2.05, 4.69) is 38.1 Å². The lowest BCUT2D eigenvalue weighted by Crippen LogP contribution is -2.45. The molecule has 3 nitrogen and oxygen atoms in total. The first-order valence-electron chi connectivity index (χ1n) is 9.08. The zero-order chi connectivity index (χ0) is 19.3.